The largest absolute Gasteiger partial charge is 0.348 e. The lowest BCUT2D eigenvalue weighted by atomic mass is 10.1. The zero-order chi connectivity index (χ0) is 17.8. The molecular weight excluding hydrogens is 300 g/mol. The second-order valence-electron chi connectivity index (χ2n) is 6.48. The summed E-state index contributed by atoms with van der Waals surface area (Å²) in [6, 6.07) is 5.62. The van der Waals surface area contributed by atoms with Crippen molar-refractivity contribution in [2.45, 2.75) is 72.1 Å². The number of benzene rings is 1. The summed E-state index contributed by atoms with van der Waals surface area (Å²) in [6.07, 6.45) is 9.73. The van der Waals surface area contributed by atoms with E-state index in [1.807, 2.05) is 32.0 Å². The summed E-state index contributed by atoms with van der Waals surface area (Å²) < 4.78 is 0. The Morgan fingerprint density at radius 1 is 0.833 bits per heavy atom. The van der Waals surface area contributed by atoms with E-state index in [1.54, 1.807) is 0 Å². The van der Waals surface area contributed by atoms with Crippen molar-refractivity contribution in [2.75, 3.05) is 11.9 Å². The molecule has 1 rings (SSSR count). The maximum Gasteiger partial charge on any atom is 0.313 e. The van der Waals surface area contributed by atoms with Crippen LogP contribution in [0.5, 0.6) is 0 Å². The van der Waals surface area contributed by atoms with E-state index < -0.39 is 11.8 Å². The summed E-state index contributed by atoms with van der Waals surface area (Å²) in [6.45, 7) is 6.78. The smallest absolute Gasteiger partial charge is 0.313 e. The third kappa shape index (κ3) is 8.14. The van der Waals surface area contributed by atoms with Crippen LogP contribution in [0.2, 0.25) is 0 Å². The van der Waals surface area contributed by atoms with Gasteiger partial charge in [0, 0.05) is 12.2 Å². The highest BCUT2D eigenvalue weighted by atomic mass is 16.2. The van der Waals surface area contributed by atoms with E-state index in [9.17, 15) is 9.59 Å². The maximum atomic E-state index is 11.9. The minimum atomic E-state index is -0.599. The molecule has 4 heteroatoms. The summed E-state index contributed by atoms with van der Waals surface area (Å²) in [7, 11) is 0. The fourth-order valence-corrected chi connectivity index (χ4v) is 2.55. The monoisotopic (exact) mass is 332 g/mol. The van der Waals surface area contributed by atoms with Crippen molar-refractivity contribution >= 4 is 17.5 Å². The molecule has 1 aromatic rings. The number of hydrogen-bond acceptors (Lipinski definition) is 2. The minimum Gasteiger partial charge on any atom is -0.348 e. The Bertz CT molecular complexity index is 526. The molecule has 1 aromatic carbocycles. The van der Waals surface area contributed by atoms with Crippen molar-refractivity contribution in [3.05, 3.63) is 29.3 Å². The van der Waals surface area contributed by atoms with Gasteiger partial charge in [-0.3, -0.25) is 9.59 Å². The van der Waals surface area contributed by atoms with Crippen molar-refractivity contribution in [3.63, 3.8) is 0 Å². The van der Waals surface area contributed by atoms with Crippen LogP contribution in [-0.2, 0) is 9.59 Å². The van der Waals surface area contributed by atoms with Crippen molar-refractivity contribution in [3.8, 4) is 0 Å². The molecule has 0 saturated heterocycles. The van der Waals surface area contributed by atoms with E-state index in [-0.39, 0.29) is 0 Å². The lowest BCUT2D eigenvalue weighted by Crippen LogP contribution is -2.35. The first kappa shape index (κ1) is 20.2. The van der Waals surface area contributed by atoms with E-state index >= 15 is 0 Å². The number of amides is 2. The van der Waals surface area contributed by atoms with Crippen LogP contribution in [0.4, 0.5) is 5.69 Å². The van der Waals surface area contributed by atoms with E-state index in [0.29, 0.717) is 12.2 Å². The number of carbonyl (C=O) groups excluding carboxylic acids is 2. The van der Waals surface area contributed by atoms with Crippen molar-refractivity contribution in [1.29, 1.82) is 0 Å². The molecule has 2 amide bonds. The second kappa shape index (κ2) is 11.7. The van der Waals surface area contributed by atoms with Gasteiger partial charge in [-0.2, -0.15) is 0 Å². The van der Waals surface area contributed by atoms with Crippen molar-refractivity contribution in [2.24, 2.45) is 0 Å². The average molecular weight is 332 g/mol. The molecule has 0 aromatic heterocycles. The molecule has 134 valence electrons. The van der Waals surface area contributed by atoms with Gasteiger partial charge < -0.3 is 10.6 Å². The Morgan fingerprint density at radius 3 is 2.08 bits per heavy atom. The molecule has 0 aliphatic heterocycles. The summed E-state index contributed by atoms with van der Waals surface area (Å²) in [5.41, 5.74) is 2.91. The summed E-state index contributed by atoms with van der Waals surface area (Å²) in [4.78, 5) is 23.6. The van der Waals surface area contributed by atoms with Gasteiger partial charge in [-0.25, -0.2) is 0 Å². The van der Waals surface area contributed by atoms with Crippen LogP contribution in [0, 0.1) is 13.8 Å². The summed E-state index contributed by atoms with van der Waals surface area (Å²) in [5.74, 6) is -1.16. The molecule has 0 aliphatic rings. The molecule has 0 aliphatic carbocycles. The standard InChI is InChI=1S/C20H32N2O2/c1-4-5-6-7-8-9-10-11-14-21-19(23)20(24)22-18-13-12-16(2)17(3)15-18/h12-13,15H,4-11,14H2,1-3H3,(H,21,23)(H,22,24). The first-order valence-electron chi connectivity index (χ1n) is 9.21. The first-order valence-corrected chi connectivity index (χ1v) is 9.21. The van der Waals surface area contributed by atoms with Crippen LogP contribution in [0.25, 0.3) is 0 Å². The predicted molar refractivity (Wildman–Crippen MR) is 100 cm³/mol. The van der Waals surface area contributed by atoms with Gasteiger partial charge in [0.15, 0.2) is 0 Å². The molecule has 0 spiro atoms. The fourth-order valence-electron chi connectivity index (χ4n) is 2.55. The van der Waals surface area contributed by atoms with Gasteiger partial charge >= 0.3 is 11.8 Å². The zero-order valence-electron chi connectivity index (χ0n) is 15.4. The number of rotatable bonds is 10. The van der Waals surface area contributed by atoms with Crippen LogP contribution in [-0.4, -0.2) is 18.4 Å². The van der Waals surface area contributed by atoms with Crippen LogP contribution in [0.15, 0.2) is 18.2 Å². The lowest BCUT2D eigenvalue weighted by Gasteiger charge is -2.08. The molecule has 4 nitrogen and oxygen atoms in total. The Hall–Kier alpha value is -1.84. The number of nitrogens with one attached hydrogen (secondary N) is 2. The van der Waals surface area contributed by atoms with Gasteiger partial charge in [-0.05, 0) is 43.5 Å². The Morgan fingerprint density at radius 2 is 1.46 bits per heavy atom. The number of anilines is 1. The molecule has 0 radical (unpaired) electrons. The highest BCUT2D eigenvalue weighted by molar-refractivity contribution is 6.39. The third-order valence-corrected chi connectivity index (χ3v) is 4.29. The van der Waals surface area contributed by atoms with Crippen LogP contribution in [0.3, 0.4) is 0 Å². The first-order chi connectivity index (χ1) is 11.5. The van der Waals surface area contributed by atoms with Crippen molar-refractivity contribution < 1.29 is 9.59 Å². The Balaban J connectivity index is 2.14. The number of unbranched alkanes of at least 4 members (excludes halogenated alkanes) is 7. The maximum absolute atomic E-state index is 11.9. The molecule has 0 fully saturated rings. The molecule has 0 heterocycles. The molecule has 24 heavy (non-hydrogen) atoms. The van der Waals surface area contributed by atoms with Crippen LogP contribution in [0.1, 0.15) is 69.4 Å². The van der Waals surface area contributed by atoms with Crippen molar-refractivity contribution in [1.82, 2.24) is 5.32 Å². The third-order valence-electron chi connectivity index (χ3n) is 4.29. The normalized spacial score (nSPS) is 10.5. The van der Waals surface area contributed by atoms with Gasteiger partial charge in [-0.1, -0.05) is 57.9 Å². The fraction of sp³-hybridized carbons (Fsp3) is 0.600. The molecule has 0 bridgehead atoms. The molecule has 0 saturated carbocycles. The second-order valence-corrected chi connectivity index (χ2v) is 6.48. The minimum absolute atomic E-state index is 0.559. The SMILES string of the molecule is CCCCCCCCCCNC(=O)C(=O)Nc1ccc(C)c(C)c1. The Kier molecular flexibility index (Phi) is 9.81. The van der Waals surface area contributed by atoms with Gasteiger partial charge in [-0.15, -0.1) is 0 Å². The predicted octanol–water partition coefficient (Wildman–Crippen LogP) is 4.50. The Labute approximate surface area is 146 Å². The highest BCUT2D eigenvalue weighted by Gasteiger charge is 2.13. The van der Waals surface area contributed by atoms with E-state index in [1.165, 1.54) is 38.5 Å². The zero-order valence-corrected chi connectivity index (χ0v) is 15.4. The molecular formula is C20H32N2O2. The van der Waals surface area contributed by atoms with E-state index in [2.05, 4.69) is 17.6 Å². The van der Waals surface area contributed by atoms with Crippen LogP contribution < -0.4 is 10.6 Å². The van der Waals surface area contributed by atoms with Gasteiger partial charge in [0.1, 0.15) is 0 Å². The van der Waals surface area contributed by atoms with Gasteiger partial charge in [0.25, 0.3) is 0 Å². The summed E-state index contributed by atoms with van der Waals surface area (Å²) in [5, 5.41) is 5.33. The number of hydrogen-bond donors (Lipinski definition) is 2. The molecule has 2 N–H and O–H groups in total. The number of carbonyl (C=O) groups is 2. The average Bonchev–Trinajstić information content (AvgIpc) is 2.56. The lowest BCUT2D eigenvalue weighted by molar-refractivity contribution is -0.136. The molecule has 0 unspecified atom stereocenters. The number of aryl methyl sites for hydroxylation is 2. The quantitative estimate of drug-likeness (QED) is 0.489. The van der Waals surface area contributed by atoms with Gasteiger partial charge in [0.2, 0.25) is 0 Å². The topological polar surface area (TPSA) is 58.2 Å². The summed E-state index contributed by atoms with van der Waals surface area (Å²) >= 11 is 0. The van der Waals surface area contributed by atoms with Crippen LogP contribution >= 0.6 is 0 Å². The van der Waals surface area contributed by atoms with Gasteiger partial charge in [0.05, 0.1) is 0 Å². The van der Waals surface area contributed by atoms with E-state index in [0.717, 1.165) is 24.0 Å². The van der Waals surface area contributed by atoms with E-state index in [4.69, 9.17) is 0 Å². The molecule has 0 atom stereocenters. The highest BCUT2D eigenvalue weighted by Crippen LogP contribution is 2.14.